The highest BCUT2D eigenvalue weighted by Gasteiger charge is 2.13. The molecule has 2 aromatic rings. The van der Waals surface area contributed by atoms with E-state index in [4.69, 9.17) is 0 Å². The van der Waals surface area contributed by atoms with E-state index in [0.717, 1.165) is 27.4 Å². The number of carbonyl (C=O) groups excluding carboxylic acids is 1. The zero-order valence-corrected chi connectivity index (χ0v) is 11.7. The Morgan fingerprint density at radius 3 is 2.78 bits per heavy atom. The topological polar surface area (TPSA) is 32.9 Å². The lowest BCUT2D eigenvalue weighted by molar-refractivity contribution is -0.112. The van der Waals surface area contributed by atoms with Gasteiger partial charge in [0.1, 0.15) is 0 Å². The van der Waals surface area contributed by atoms with Crippen LogP contribution in [0.3, 0.4) is 0 Å². The number of thioether (sulfide) groups is 1. The van der Waals surface area contributed by atoms with Crippen molar-refractivity contribution in [2.45, 2.75) is 20.8 Å². The summed E-state index contributed by atoms with van der Waals surface area (Å²) in [5.41, 5.74) is 3.40. The molecule has 0 saturated carbocycles. The lowest BCUT2D eigenvalue weighted by Gasteiger charge is -2.06. The Morgan fingerprint density at radius 2 is 2.11 bits per heavy atom. The van der Waals surface area contributed by atoms with Crippen LogP contribution in [-0.2, 0) is 4.79 Å². The van der Waals surface area contributed by atoms with Crippen LogP contribution in [0.15, 0.2) is 30.3 Å². The van der Waals surface area contributed by atoms with Crippen LogP contribution >= 0.6 is 11.8 Å². The molecule has 3 heteroatoms. The number of carbonyl (C=O) groups is 1. The monoisotopic (exact) mass is 259 g/mol. The van der Waals surface area contributed by atoms with Crippen molar-refractivity contribution < 1.29 is 4.79 Å². The highest BCUT2D eigenvalue weighted by atomic mass is 32.2. The summed E-state index contributed by atoms with van der Waals surface area (Å²) in [5, 5.41) is 1.18. The van der Waals surface area contributed by atoms with Gasteiger partial charge in [0, 0.05) is 27.1 Å². The van der Waals surface area contributed by atoms with Gasteiger partial charge in [-0.3, -0.25) is 4.79 Å². The van der Waals surface area contributed by atoms with Crippen LogP contribution in [0, 0.1) is 6.92 Å². The SMILES string of the molecule is CCS/C(=C\C(C)=O)c1c(C)[nH]c2ccccc12. The van der Waals surface area contributed by atoms with E-state index in [2.05, 4.69) is 31.0 Å². The van der Waals surface area contributed by atoms with E-state index in [9.17, 15) is 4.79 Å². The Labute approximate surface area is 111 Å². The number of fused-ring (bicyclic) bond motifs is 1. The zero-order valence-electron chi connectivity index (χ0n) is 10.9. The molecule has 0 saturated heterocycles. The molecule has 1 N–H and O–H groups in total. The van der Waals surface area contributed by atoms with Crippen molar-refractivity contribution in [3.8, 4) is 0 Å². The van der Waals surface area contributed by atoms with Crippen LogP contribution in [0.25, 0.3) is 15.8 Å². The maximum Gasteiger partial charge on any atom is 0.153 e. The molecule has 1 aromatic carbocycles. The first-order chi connectivity index (χ1) is 8.63. The Hall–Kier alpha value is -1.48. The lowest BCUT2D eigenvalue weighted by Crippen LogP contribution is -1.89. The molecule has 0 radical (unpaired) electrons. The molecule has 0 fully saturated rings. The minimum absolute atomic E-state index is 0.0932. The van der Waals surface area contributed by atoms with Crippen molar-refractivity contribution in [1.82, 2.24) is 4.98 Å². The summed E-state index contributed by atoms with van der Waals surface area (Å²) in [6, 6.07) is 8.21. The van der Waals surface area contributed by atoms with E-state index in [1.807, 2.05) is 12.1 Å². The van der Waals surface area contributed by atoms with Gasteiger partial charge >= 0.3 is 0 Å². The number of benzene rings is 1. The fourth-order valence-corrected chi connectivity index (χ4v) is 3.09. The lowest BCUT2D eigenvalue weighted by atomic mass is 10.1. The molecule has 0 atom stereocenters. The number of aryl methyl sites for hydroxylation is 1. The summed E-state index contributed by atoms with van der Waals surface area (Å²) in [4.78, 5) is 15.8. The Kier molecular flexibility index (Phi) is 3.92. The summed E-state index contributed by atoms with van der Waals surface area (Å²) in [6.07, 6.45) is 1.73. The minimum atomic E-state index is 0.0932. The van der Waals surface area contributed by atoms with Gasteiger partial charge in [0.15, 0.2) is 5.78 Å². The Balaban J connectivity index is 2.63. The van der Waals surface area contributed by atoms with Gasteiger partial charge in [-0.2, -0.15) is 0 Å². The second kappa shape index (κ2) is 5.44. The van der Waals surface area contributed by atoms with Gasteiger partial charge < -0.3 is 4.98 Å². The van der Waals surface area contributed by atoms with Crippen LogP contribution in [-0.4, -0.2) is 16.5 Å². The van der Waals surface area contributed by atoms with Gasteiger partial charge in [-0.25, -0.2) is 0 Å². The minimum Gasteiger partial charge on any atom is -0.358 e. The number of hydrogen-bond acceptors (Lipinski definition) is 2. The quantitative estimate of drug-likeness (QED) is 0.836. The molecular weight excluding hydrogens is 242 g/mol. The molecule has 1 aromatic heterocycles. The highest BCUT2D eigenvalue weighted by Crippen LogP contribution is 2.35. The standard InChI is InChI=1S/C15H17NOS/c1-4-18-14(9-10(2)17)15-11(3)16-13-8-6-5-7-12(13)15/h5-9,16H,4H2,1-3H3/b14-9-. The van der Waals surface area contributed by atoms with Crippen LogP contribution in [0.2, 0.25) is 0 Å². The Morgan fingerprint density at radius 1 is 1.39 bits per heavy atom. The van der Waals surface area contributed by atoms with Crippen molar-refractivity contribution in [1.29, 1.82) is 0 Å². The molecule has 0 unspecified atom stereocenters. The molecule has 0 bridgehead atoms. The fraction of sp³-hybridized carbons (Fsp3) is 0.267. The van der Waals surface area contributed by atoms with E-state index in [1.54, 1.807) is 24.8 Å². The first-order valence-corrected chi connectivity index (χ1v) is 7.04. The first-order valence-electron chi connectivity index (χ1n) is 6.06. The number of allylic oxidation sites excluding steroid dienone is 1. The smallest absolute Gasteiger partial charge is 0.153 e. The molecule has 18 heavy (non-hydrogen) atoms. The number of ketones is 1. The van der Waals surface area contributed by atoms with Gasteiger partial charge in [-0.05, 0) is 31.7 Å². The molecule has 0 aliphatic carbocycles. The highest BCUT2D eigenvalue weighted by molar-refractivity contribution is 8.08. The molecule has 0 amide bonds. The third kappa shape index (κ3) is 2.51. The van der Waals surface area contributed by atoms with Gasteiger partial charge in [0.2, 0.25) is 0 Å². The third-order valence-electron chi connectivity index (χ3n) is 2.77. The van der Waals surface area contributed by atoms with E-state index in [1.165, 1.54) is 5.39 Å². The third-order valence-corrected chi connectivity index (χ3v) is 3.70. The average molecular weight is 259 g/mol. The molecule has 2 nitrogen and oxygen atoms in total. The van der Waals surface area contributed by atoms with E-state index >= 15 is 0 Å². The number of H-pyrrole nitrogens is 1. The molecule has 0 aliphatic heterocycles. The molecule has 0 aliphatic rings. The number of para-hydroxylation sites is 1. The molecule has 1 heterocycles. The second-order valence-electron chi connectivity index (χ2n) is 4.22. The average Bonchev–Trinajstić information content (AvgIpc) is 2.63. The number of nitrogens with one attached hydrogen (secondary N) is 1. The molecule has 0 spiro atoms. The van der Waals surface area contributed by atoms with E-state index in [0.29, 0.717) is 0 Å². The molecular formula is C15H17NOS. The van der Waals surface area contributed by atoms with Gasteiger partial charge in [0.05, 0.1) is 0 Å². The zero-order chi connectivity index (χ0) is 13.1. The summed E-state index contributed by atoms with van der Waals surface area (Å²) < 4.78 is 0. The predicted octanol–water partition coefficient (Wildman–Crippen LogP) is 4.16. The maximum absolute atomic E-state index is 11.4. The fourth-order valence-electron chi connectivity index (χ4n) is 2.12. The van der Waals surface area contributed by atoms with Crippen molar-refractivity contribution in [3.63, 3.8) is 0 Å². The van der Waals surface area contributed by atoms with Crippen molar-refractivity contribution in [2.75, 3.05) is 5.75 Å². The number of aromatic nitrogens is 1. The summed E-state index contributed by atoms with van der Waals surface area (Å²) >= 11 is 1.71. The summed E-state index contributed by atoms with van der Waals surface area (Å²) in [7, 11) is 0. The number of hydrogen-bond donors (Lipinski definition) is 1. The predicted molar refractivity (Wildman–Crippen MR) is 79.8 cm³/mol. The number of aromatic amines is 1. The van der Waals surface area contributed by atoms with E-state index in [-0.39, 0.29) is 5.78 Å². The largest absolute Gasteiger partial charge is 0.358 e. The molecule has 94 valence electrons. The first kappa shape index (κ1) is 13.0. The van der Waals surface area contributed by atoms with Crippen molar-refractivity contribution in [3.05, 3.63) is 41.6 Å². The van der Waals surface area contributed by atoms with E-state index < -0.39 is 0 Å². The van der Waals surface area contributed by atoms with Crippen LogP contribution in [0.1, 0.15) is 25.1 Å². The van der Waals surface area contributed by atoms with Gasteiger partial charge in [-0.1, -0.05) is 25.1 Å². The van der Waals surface area contributed by atoms with Crippen molar-refractivity contribution in [2.24, 2.45) is 0 Å². The van der Waals surface area contributed by atoms with Crippen LogP contribution < -0.4 is 0 Å². The van der Waals surface area contributed by atoms with Crippen LogP contribution in [0.4, 0.5) is 0 Å². The van der Waals surface area contributed by atoms with Gasteiger partial charge in [-0.15, -0.1) is 11.8 Å². The summed E-state index contributed by atoms with van der Waals surface area (Å²) in [6.45, 7) is 5.75. The van der Waals surface area contributed by atoms with Gasteiger partial charge in [0.25, 0.3) is 0 Å². The van der Waals surface area contributed by atoms with Crippen molar-refractivity contribution >= 4 is 33.4 Å². The number of rotatable bonds is 4. The Bertz CT molecular complexity index is 610. The second-order valence-corrected chi connectivity index (χ2v) is 5.53. The molecule has 2 rings (SSSR count). The normalized spacial score (nSPS) is 12.1. The van der Waals surface area contributed by atoms with Crippen LogP contribution in [0.5, 0.6) is 0 Å². The maximum atomic E-state index is 11.4. The summed E-state index contributed by atoms with van der Waals surface area (Å²) in [5.74, 6) is 1.05.